The molecule has 1 saturated heterocycles. The molecule has 1 aliphatic heterocycles. The average Bonchev–Trinajstić information content (AvgIpc) is 2.77. The van der Waals surface area contributed by atoms with Crippen LogP contribution < -0.4 is 0 Å². The zero-order chi connectivity index (χ0) is 12.5. The molecule has 0 N–H and O–H groups in total. The lowest BCUT2D eigenvalue weighted by molar-refractivity contribution is 0.290. The quantitative estimate of drug-likeness (QED) is 0.778. The Bertz CT molecular complexity index is 480. The normalized spacial score (nSPS) is 19.6. The molecule has 17 heavy (non-hydrogen) atoms. The summed E-state index contributed by atoms with van der Waals surface area (Å²) in [5.41, 5.74) is 0. The van der Waals surface area contributed by atoms with E-state index in [1.807, 2.05) is 0 Å². The number of thiophene rings is 1. The van der Waals surface area contributed by atoms with Crippen LogP contribution in [0.25, 0.3) is 0 Å². The van der Waals surface area contributed by atoms with Crippen LogP contribution in [-0.4, -0.2) is 31.7 Å². The van der Waals surface area contributed by atoms with E-state index in [1.54, 1.807) is 16.4 Å². The number of rotatable bonds is 3. The third kappa shape index (κ3) is 3.04. The van der Waals surface area contributed by atoms with Crippen molar-refractivity contribution in [3.8, 4) is 0 Å². The summed E-state index contributed by atoms with van der Waals surface area (Å²) in [6.07, 6.45) is 1.71. The molecule has 7 heteroatoms. The van der Waals surface area contributed by atoms with Gasteiger partial charge < -0.3 is 0 Å². The van der Waals surface area contributed by atoms with Crippen molar-refractivity contribution in [1.29, 1.82) is 0 Å². The Morgan fingerprint density at radius 3 is 2.53 bits per heavy atom. The van der Waals surface area contributed by atoms with Crippen LogP contribution in [0, 0.1) is 5.92 Å². The van der Waals surface area contributed by atoms with Crippen LogP contribution in [0.5, 0.6) is 0 Å². The fourth-order valence-corrected chi connectivity index (χ4v) is 5.81. The van der Waals surface area contributed by atoms with E-state index in [2.05, 4.69) is 15.9 Å². The Hall–Kier alpha value is 0.380. The van der Waals surface area contributed by atoms with E-state index >= 15 is 0 Å². The first-order valence-corrected chi connectivity index (χ1v) is 8.94. The smallest absolute Gasteiger partial charge is 0.206 e. The van der Waals surface area contributed by atoms with E-state index in [4.69, 9.17) is 11.6 Å². The van der Waals surface area contributed by atoms with Gasteiger partial charge in [0.1, 0.15) is 4.21 Å². The van der Waals surface area contributed by atoms with Crippen molar-refractivity contribution in [1.82, 2.24) is 4.31 Å². The van der Waals surface area contributed by atoms with Gasteiger partial charge in [-0.2, -0.15) is 4.31 Å². The predicted octanol–water partition coefficient (Wildman–Crippen LogP) is 3.15. The van der Waals surface area contributed by atoms with Crippen molar-refractivity contribution in [2.24, 2.45) is 5.92 Å². The lowest BCUT2D eigenvalue weighted by Crippen LogP contribution is -2.38. The molecule has 0 aliphatic carbocycles. The highest BCUT2D eigenvalue weighted by atomic mass is 79.9. The maximum Gasteiger partial charge on any atom is 0.252 e. The Kier molecular flexibility index (Phi) is 4.52. The molecule has 2 heterocycles. The van der Waals surface area contributed by atoms with Crippen molar-refractivity contribution in [3.05, 3.63) is 15.9 Å². The molecule has 0 atom stereocenters. The summed E-state index contributed by atoms with van der Waals surface area (Å²) in [5, 5.41) is 0. The minimum absolute atomic E-state index is 0.411. The van der Waals surface area contributed by atoms with Crippen LogP contribution >= 0.6 is 38.9 Å². The maximum atomic E-state index is 12.3. The van der Waals surface area contributed by atoms with Crippen molar-refractivity contribution in [2.75, 3.05) is 19.0 Å². The van der Waals surface area contributed by atoms with Crippen LogP contribution in [0.4, 0.5) is 0 Å². The van der Waals surface area contributed by atoms with Gasteiger partial charge in [-0.1, -0.05) is 0 Å². The summed E-state index contributed by atoms with van der Waals surface area (Å²) >= 11 is 10.3. The molecule has 2 rings (SSSR count). The van der Waals surface area contributed by atoms with Gasteiger partial charge >= 0.3 is 0 Å². The minimum Gasteiger partial charge on any atom is -0.206 e. The molecule has 1 aromatic rings. The standard InChI is InChI=1S/C10H13BrClNO2S2/c11-9-1-2-10(16-9)17(14,15)13-5-3-8(7-12)4-6-13/h1-2,8H,3-7H2. The zero-order valence-corrected chi connectivity index (χ0v) is 13.1. The van der Waals surface area contributed by atoms with E-state index < -0.39 is 10.0 Å². The summed E-state index contributed by atoms with van der Waals surface area (Å²) < 4.78 is 27.4. The number of halogens is 2. The highest BCUT2D eigenvalue weighted by Gasteiger charge is 2.29. The number of nitrogens with zero attached hydrogens (tertiary/aromatic N) is 1. The van der Waals surface area contributed by atoms with Crippen molar-refractivity contribution < 1.29 is 8.42 Å². The third-order valence-electron chi connectivity index (χ3n) is 2.93. The molecular weight excluding hydrogens is 346 g/mol. The van der Waals surface area contributed by atoms with Gasteiger partial charge in [0.05, 0.1) is 3.79 Å². The van der Waals surface area contributed by atoms with Gasteiger partial charge in [-0.15, -0.1) is 22.9 Å². The second-order valence-corrected chi connectivity index (χ2v) is 9.00. The zero-order valence-electron chi connectivity index (χ0n) is 9.10. The van der Waals surface area contributed by atoms with Gasteiger partial charge in [-0.25, -0.2) is 8.42 Å². The van der Waals surface area contributed by atoms with Crippen LogP contribution in [0.15, 0.2) is 20.1 Å². The molecule has 3 nitrogen and oxygen atoms in total. The second kappa shape index (κ2) is 5.57. The molecule has 0 amide bonds. The largest absolute Gasteiger partial charge is 0.252 e. The molecule has 1 aromatic heterocycles. The number of hydrogen-bond acceptors (Lipinski definition) is 3. The molecule has 1 fully saturated rings. The number of sulfonamides is 1. The lowest BCUT2D eigenvalue weighted by Gasteiger charge is -2.29. The van der Waals surface area contributed by atoms with Gasteiger partial charge in [0.2, 0.25) is 0 Å². The highest BCUT2D eigenvalue weighted by Crippen LogP contribution is 2.30. The molecular formula is C10H13BrClNO2S2. The maximum absolute atomic E-state index is 12.3. The van der Waals surface area contributed by atoms with Gasteiger partial charge in [0, 0.05) is 19.0 Å². The molecule has 0 spiro atoms. The van der Waals surface area contributed by atoms with E-state index in [9.17, 15) is 8.42 Å². The number of hydrogen-bond donors (Lipinski definition) is 0. The molecule has 96 valence electrons. The number of piperidine rings is 1. The monoisotopic (exact) mass is 357 g/mol. The van der Waals surface area contributed by atoms with E-state index in [1.165, 1.54) is 11.3 Å². The van der Waals surface area contributed by atoms with Gasteiger partial charge in [-0.05, 0) is 46.8 Å². The van der Waals surface area contributed by atoms with E-state index in [0.717, 1.165) is 16.6 Å². The Labute approximate surface area is 119 Å². The molecule has 0 bridgehead atoms. The first kappa shape index (κ1) is 13.8. The van der Waals surface area contributed by atoms with Gasteiger partial charge in [-0.3, -0.25) is 0 Å². The first-order valence-electron chi connectivity index (χ1n) is 5.35. The Morgan fingerprint density at radius 2 is 2.06 bits per heavy atom. The van der Waals surface area contributed by atoms with Crippen LogP contribution in [0.1, 0.15) is 12.8 Å². The molecule has 0 saturated carbocycles. The fourth-order valence-electron chi connectivity index (χ4n) is 1.87. The van der Waals surface area contributed by atoms with Crippen LogP contribution in [0.3, 0.4) is 0 Å². The second-order valence-electron chi connectivity index (χ2n) is 4.06. The van der Waals surface area contributed by atoms with Crippen LogP contribution in [0.2, 0.25) is 0 Å². The molecule has 0 radical (unpaired) electrons. The molecule has 0 aromatic carbocycles. The van der Waals surface area contributed by atoms with Gasteiger partial charge in [0.25, 0.3) is 10.0 Å². The fraction of sp³-hybridized carbons (Fsp3) is 0.600. The van der Waals surface area contributed by atoms with E-state index in [0.29, 0.717) is 29.1 Å². The predicted molar refractivity (Wildman–Crippen MR) is 74.2 cm³/mol. The van der Waals surface area contributed by atoms with Crippen molar-refractivity contribution >= 4 is 48.9 Å². The first-order chi connectivity index (χ1) is 8.04. The summed E-state index contributed by atoms with van der Waals surface area (Å²) in [7, 11) is -3.29. The topological polar surface area (TPSA) is 37.4 Å². The molecule has 0 unspecified atom stereocenters. The van der Waals surface area contributed by atoms with Gasteiger partial charge in [0.15, 0.2) is 0 Å². The third-order valence-corrected chi connectivity index (χ3v) is 7.36. The summed E-state index contributed by atoms with van der Waals surface area (Å²) in [6.45, 7) is 1.16. The summed E-state index contributed by atoms with van der Waals surface area (Å²) in [4.78, 5) is 0. The lowest BCUT2D eigenvalue weighted by atomic mass is 10.0. The van der Waals surface area contributed by atoms with Crippen LogP contribution in [-0.2, 0) is 10.0 Å². The molecule has 1 aliphatic rings. The van der Waals surface area contributed by atoms with Crippen molar-refractivity contribution in [2.45, 2.75) is 17.1 Å². The summed E-state index contributed by atoms with van der Waals surface area (Å²) in [5.74, 6) is 1.08. The average molecular weight is 359 g/mol. The Morgan fingerprint density at radius 1 is 1.41 bits per heavy atom. The highest BCUT2D eigenvalue weighted by molar-refractivity contribution is 9.11. The number of alkyl halides is 1. The summed E-state index contributed by atoms with van der Waals surface area (Å²) in [6, 6.07) is 3.42. The minimum atomic E-state index is -3.29. The Balaban J connectivity index is 2.12. The van der Waals surface area contributed by atoms with Crippen molar-refractivity contribution in [3.63, 3.8) is 0 Å². The SMILES string of the molecule is O=S(=O)(c1ccc(Br)s1)N1CCC(CCl)CC1. The van der Waals surface area contributed by atoms with E-state index in [-0.39, 0.29) is 0 Å².